The van der Waals surface area contributed by atoms with E-state index in [4.69, 9.17) is 4.74 Å². The standard InChI is InChI=1S/C15H20O2/c1-10-4-5-13(6-11(10)2)8-15(16)14-7-12(3)17-9-14/h4-6,12,14H,7-9H2,1-3H3. The van der Waals surface area contributed by atoms with E-state index >= 15 is 0 Å². The molecule has 2 heteroatoms. The normalized spacial score (nSPS) is 23.9. The Labute approximate surface area is 103 Å². The van der Waals surface area contributed by atoms with Crippen molar-refractivity contribution in [3.05, 3.63) is 34.9 Å². The fourth-order valence-electron chi connectivity index (χ4n) is 2.30. The van der Waals surface area contributed by atoms with Gasteiger partial charge in [0.25, 0.3) is 0 Å². The number of carbonyl (C=O) groups is 1. The second-order valence-electron chi connectivity index (χ2n) is 5.14. The molecular weight excluding hydrogens is 212 g/mol. The molecule has 2 nitrogen and oxygen atoms in total. The first-order valence-electron chi connectivity index (χ1n) is 6.26. The van der Waals surface area contributed by atoms with Crippen LogP contribution in [0.15, 0.2) is 18.2 Å². The largest absolute Gasteiger partial charge is 0.378 e. The van der Waals surface area contributed by atoms with E-state index < -0.39 is 0 Å². The molecule has 17 heavy (non-hydrogen) atoms. The molecule has 1 aliphatic heterocycles. The van der Waals surface area contributed by atoms with Crippen molar-refractivity contribution >= 4 is 5.78 Å². The average molecular weight is 232 g/mol. The SMILES string of the molecule is Cc1ccc(CC(=O)C2COC(C)C2)cc1C. The molecule has 1 saturated heterocycles. The number of rotatable bonds is 3. The van der Waals surface area contributed by atoms with E-state index in [-0.39, 0.29) is 12.0 Å². The number of benzene rings is 1. The molecule has 0 N–H and O–H groups in total. The van der Waals surface area contributed by atoms with Gasteiger partial charge in [0.1, 0.15) is 5.78 Å². The summed E-state index contributed by atoms with van der Waals surface area (Å²) in [4.78, 5) is 12.1. The molecule has 0 aromatic heterocycles. The number of carbonyl (C=O) groups excluding carboxylic acids is 1. The van der Waals surface area contributed by atoms with Crippen molar-refractivity contribution in [3.8, 4) is 0 Å². The topological polar surface area (TPSA) is 26.3 Å². The maximum atomic E-state index is 12.1. The van der Waals surface area contributed by atoms with Gasteiger partial charge in [0.2, 0.25) is 0 Å². The van der Waals surface area contributed by atoms with Gasteiger partial charge in [-0.3, -0.25) is 4.79 Å². The van der Waals surface area contributed by atoms with E-state index in [9.17, 15) is 4.79 Å². The molecule has 0 spiro atoms. The molecule has 0 aliphatic carbocycles. The van der Waals surface area contributed by atoms with Gasteiger partial charge in [-0.25, -0.2) is 0 Å². The molecule has 1 fully saturated rings. The lowest BCUT2D eigenvalue weighted by Crippen LogP contribution is -2.17. The highest BCUT2D eigenvalue weighted by molar-refractivity contribution is 5.83. The van der Waals surface area contributed by atoms with E-state index in [1.807, 2.05) is 6.92 Å². The number of ketones is 1. The van der Waals surface area contributed by atoms with Gasteiger partial charge in [-0.05, 0) is 43.9 Å². The summed E-state index contributed by atoms with van der Waals surface area (Å²) in [6.45, 7) is 6.81. The molecular formula is C15H20O2. The van der Waals surface area contributed by atoms with Crippen LogP contribution in [0, 0.1) is 19.8 Å². The molecule has 1 aromatic rings. The molecule has 2 rings (SSSR count). The zero-order valence-corrected chi connectivity index (χ0v) is 10.8. The van der Waals surface area contributed by atoms with Crippen molar-refractivity contribution in [2.24, 2.45) is 5.92 Å². The highest BCUT2D eigenvalue weighted by Crippen LogP contribution is 2.22. The van der Waals surface area contributed by atoms with Gasteiger partial charge in [-0.1, -0.05) is 18.2 Å². The maximum absolute atomic E-state index is 12.1. The van der Waals surface area contributed by atoms with E-state index in [0.717, 1.165) is 12.0 Å². The van der Waals surface area contributed by atoms with Crippen LogP contribution in [0.2, 0.25) is 0 Å². The molecule has 1 heterocycles. The lowest BCUT2D eigenvalue weighted by molar-refractivity contribution is -0.122. The molecule has 1 aliphatic rings. The lowest BCUT2D eigenvalue weighted by Gasteiger charge is -2.08. The van der Waals surface area contributed by atoms with Crippen molar-refractivity contribution < 1.29 is 9.53 Å². The van der Waals surface area contributed by atoms with Crippen LogP contribution in [-0.4, -0.2) is 18.5 Å². The summed E-state index contributed by atoms with van der Waals surface area (Å²) in [7, 11) is 0. The van der Waals surface area contributed by atoms with Gasteiger partial charge in [0.05, 0.1) is 12.7 Å². The third-order valence-electron chi connectivity index (χ3n) is 3.60. The second-order valence-corrected chi connectivity index (χ2v) is 5.14. The van der Waals surface area contributed by atoms with Crippen LogP contribution < -0.4 is 0 Å². The van der Waals surface area contributed by atoms with Gasteiger partial charge in [-0.2, -0.15) is 0 Å². The van der Waals surface area contributed by atoms with Gasteiger partial charge in [-0.15, -0.1) is 0 Å². The first-order valence-corrected chi connectivity index (χ1v) is 6.26. The van der Waals surface area contributed by atoms with Crippen molar-refractivity contribution in [2.45, 2.75) is 39.7 Å². The lowest BCUT2D eigenvalue weighted by atomic mass is 9.94. The number of hydrogen-bond donors (Lipinski definition) is 0. The summed E-state index contributed by atoms with van der Waals surface area (Å²) in [5, 5.41) is 0. The minimum absolute atomic E-state index is 0.103. The first-order chi connectivity index (χ1) is 8.06. The molecule has 2 unspecified atom stereocenters. The Morgan fingerprint density at radius 2 is 2.12 bits per heavy atom. The van der Waals surface area contributed by atoms with Crippen LogP contribution in [0.25, 0.3) is 0 Å². The van der Waals surface area contributed by atoms with Crippen LogP contribution in [-0.2, 0) is 16.0 Å². The fraction of sp³-hybridized carbons (Fsp3) is 0.533. The van der Waals surface area contributed by atoms with Crippen molar-refractivity contribution in [2.75, 3.05) is 6.61 Å². The van der Waals surface area contributed by atoms with Crippen LogP contribution in [0.5, 0.6) is 0 Å². The van der Waals surface area contributed by atoms with Crippen LogP contribution in [0.3, 0.4) is 0 Å². The highest BCUT2D eigenvalue weighted by Gasteiger charge is 2.27. The molecule has 0 radical (unpaired) electrons. The predicted octanol–water partition coefficient (Wildman–Crippen LogP) is 2.84. The monoisotopic (exact) mass is 232 g/mol. The fourth-order valence-corrected chi connectivity index (χ4v) is 2.30. The Hall–Kier alpha value is -1.15. The zero-order chi connectivity index (χ0) is 12.4. The summed E-state index contributed by atoms with van der Waals surface area (Å²) in [6.07, 6.45) is 1.66. The van der Waals surface area contributed by atoms with E-state index in [2.05, 4.69) is 32.0 Å². The zero-order valence-electron chi connectivity index (χ0n) is 10.8. The molecule has 0 amide bonds. The van der Waals surface area contributed by atoms with Crippen LogP contribution >= 0.6 is 0 Å². The van der Waals surface area contributed by atoms with Gasteiger partial charge < -0.3 is 4.74 Å². The van der Waals surface area contributed by atoms with Crippen LogP contribution in [0.4, 0.5) is 0 Å². The second kappa shape index (κ2) is 5.01. The number of Topliss-reactive ketones (excluding diaryl/α,β-unsaturated/α-hetero) is 1. The third-order valence-corrected chi connectivity index (χ3v) is 3.60. The average Bonchev–Trinajstić information content (AvgIpc) is 2.70. The Bertz CT molecular complexity index is 423. The first kappa shape index (κ1) is 12.3. The predicted molar refractivity (Wildman–Crippen MR) is 68.1 cm³/mol. The van der Waals surface area contributed by atoms with Crippen molar-refractivity contribution in [1.82, 2.24) is 0 Å². The highest BCUT2D eigenvalue weighted by atomic mass is 16.5. The Balaban J connectivity index is 2.00. The molecule has 0 bridgehead atoms. The number of aryl methyl sites for hydroxylation is 2. The van der Waals surface area contributed by atoms with E-state index in [0.29, 0.717) is 18.8 Å². The van der Waals surface area contributed by atoms with Gasteiger partial charge in [0, 0.05) is 12.3 Å². The van der Waals surface area contributed by atoms with Crippen LogP contribution in [0.1, 0.15) is 30.0 Å². The maximum Gasteiger partial charge on any atom is 0.142 e. The molecule has 1 aromatic carbocycles. The molecule has 2 atom stereocenters. The summed E-state index contributed by atoms with van der Waals surface area (Å²) >= 11 is 0. The minimum atomic E-state index is 0.103. The number of hydrogen-bond acceptors (Lipinski definition) is 2. The summed E-state index contributed by atoms with van der Waals surface area (Å²) < 4.78 is 5.45. The Kier molecular flexibility index (Phi) is 3.63. The summed E-state index contributed by atoms with van der Waals surface area (Å²) in [5.74, 6) is 0.421. The van der Waals surface area contributed by atoms with Gasteiger partial charge >= 0.3 is 0 Å². The Morgan fingerprint density at radius 3 is 2.71 bits per heavy atom. The smallest absolute Gasteiger partial charge is 0.142 e. The Morgan fingerprint density at radius 1 is 1.35 bits per heavy atom. The van der Waals surface area contributed by atoms with E-state index in [1.165, 1.54) is 11.1 Å². The molecule has 0 saturated carbocycles. The van der Waals surface area contributed by atoms with Gasteiger partial charge in [0.15, 0.2) is 0 Å². The van der Waals surface area contributed by atoms with Crippen molar-refractivity contribution in [1.29, 1.82) is 0 Å². The summed E-state index contributed by atoms with van der Waals surface area (Å²) in [6, 6.07) is 6.26. The summed E-state index contributed by atoms with van der Waals surface area (Å²) in [5.41, 5.74) is 3.66. The minimum Gasteiger partial charge on any atom is -0.378 e. The molecule has 92 valence electrons. The third kappa shape index (κ3) is 2.95. The quantitative estimate of drug-likeness (QED) is 0.801. The number of ether oxygens (including phenoxy) is 1. The van der Waals surface area contributed by atoms with Crippen molar-refractivity contribution in [3.63, 3.8) is 0 Å². The van der Waals surface area contributed by atoms with E-state index in [1.54, 1.807) is 0 Å².